The van der Waals surface area contributed by atoms with Crippen molar-refractivity contribution in [3.63, 3.8) is 0 Å². The zero-order valence-electron chi connectivity index (χ0n) is 5.47. The fraction of sp³-hybridized carbons (Fsp3) is 0.500. The maximum atomic E-state index is 10.7. The van der Waals surface area contributed by atoms with Crippen LogP contribution in [0.5, 0.6) is 0 Å². The Morgan fingerprint density at radius 2 is 2.44 bits per heavy atom. The molecule has 0 bridgehead atoms. The summed E-state index contributed by atoms with van der Waals surface area (Å²) in [6, 6.07) is 0. The number of ether oxygens (including phenoxy) is 1. The van der Waals surface area contributed by atoms with E-state index in [0.717, 1.165) is 0 Å². The monoisotopic (exact) mass is 127 g/mol. The predicted octanol–water partition coefficient (Wildman–Crippen LogP) is 0.0350. The number of nitrogens with one attached hydrogen (secondary N) is 1. The van der Waals surface area contributed by atoms with Gasteiger partial charge in [0, 0.05) is 7.05 Å². The van der Waals surface area contributed by atoms with E-state index >= 15 is 0 Å². The summed E-state index contributed by atoms with van der Waals surface area (Å²) in [6.45, 7) is 1.82. The molecule has 0 spiro atoms. The lowest BCUT2D eigenvalue weighted by Gasteiger charge is -1.97. The minimum atomic E-state index is -0.259. The molecule has 1 heterocycles. The van der Waals surface area contributed by atoms with Gasteiger partial charge in [0.15, 0.2) is 0 Å². The van der Waals surface area contributed by atoms with Crippen LogP contribution in [0.15, 0.2) is 11.8 Å². The van der Waals surface area contributed by atoms with Gasteiger partial charge in [-0.3, -0.25) is 0 Å². The molecule has 50 valence electrons. The number of carbonyl (C=O) groups excluding carboxylic acids is 1. The van der Waals surface area contributed by atoms with E-state index in [-0.39, 0.29) is 12.1 Å². The summed E-state index contributed by atoms with van der Waals surface area (Å²) in [5.41, 5.74) is 0.558. The molecule has 1 atom stereocenters. The first-order chi connectivity index (χ1) is 4.24. The molecule has 0 saturated heterocycles. The highest BCUT2D eigenvalue weighted by Gasteiger charge is 2.20. The van der Waals surface area contributed by atoms with E-state index in [4.69, 9.17) is 4.74 Å². The third-order valence-corrected chi connectivity index (χ3v) is 1.18. The maximum absolute atomic E-state index is 10.7. The summed E-state index contributed by atoms with van der Waals surface area (Å²) < 4.78 is 4.77. The van der Waals surface area contributed by atoms with Crippen molar-refractivity contribution in [2.75, 3.05) is 7.05 Å². The maximum Gasteiger partial charge on any atom is 0.354 e. The molecule has 0 aromatic carbocycles. The van der Waals surface area contributed by atoms with Crippen LogP contribution in [0, 0.1) is 0 Å². The van der Waals surface area contributed by atoms with E-state index < -0.39 is 0 Å². The number of hydrogen-bond acceptors (Lipinski definition) is 3. The number of rotatable bonds is 1. The lowest BCUT2D eigenvalue weighted by Crippen LogP contribution is -2.13. The average molecular weight is 127 g/mol. The standard InChI is InChI=1S/C6H9NO2/c1-4-3-5(7-2)6(8)9-4/h3-4,7H,1-2H3/t4-/m1/s1. The molecule has 0 aromatic rings. The Bertz CT molecular complexity index is 162. The van der Waals surface area contributed by atoms with Crippen molar-refractivity contribution in [2.45, 2.75) is 13.0 Å². The van der Waals surface area contributed by atoms with E-state index in [1.165, 1.54) is 0 Å². The quantitative estimate of drug-likeness (QED) is 0.505. The highest BCUT2D eigenvalue weighted by molar-refractivity contribution is 5.90. The fourth-order valence-corrected chi connectivity index (χ4v) is 0.754. The molecule has 1 N–H and O–H groups in total. The SMILES string of the molecule is CNC1=C[C@@H](C)OC1=O. The molecular weight excluding hydrogens is 118 g/mol. The third kappa shape index (κ3) is 1.04. The van der Waals surface area contributed by atoms with Gasteiger partial charge < -0.3 is 10.1 Å². The van der Waals surface area contributed by atoms with Gasteiger partial charge >= 0.3 is 5.97 Å². The lowest BCUT2D eigenvalue weighted by atomic mass is 10.3. The Morgan fingerprint density at radius 3 is 2.67 bits per heavy atom. The topological polar surface area (TPSA) is 38.3 Å². The Kier molecular flexibility index (Phi) is 1.42. The third-order valence-electron chi connectivity index (χ3n) is 1.18. The van der Waals surface area contributed by atoms with E-state index in [9.17, 15) is 4.79 Å². The molecule has 3 nitrogen and oxygen atoms in total. The van der Waals surface area contributed by atoms with Gasteiger partial charge in [-0.1, -0.05) is 0 Å². The van der Waals surface area contributed by atoms with Crippen molar-refractivity contribution in [2.24, 2.45) is 0 Å². The molecule has 0 fully saturated rings. The molecule has 0 aromatic heterocycles. The van der Waals surface area contributed by atoms with Gasteiger partial charge in [-0.2, -0.15) is 0 Å². The summed E-state index contributed by atoms with van der Waals surface area (Å²) >= 11 is 0. The van der Waals surface area contributed by atoms with Crippen LogP contribution in [-0.2, 0) is 9.53 Å². The first-order valence-corrected chi connectivity index (χ1v) is 2.84. The number of likely N-dealkylation sites (N-methyl/N-ethyl adjacent to an activating group) is 1. The van der Waals surface area contributed by atoms with Gasteiger partial charge in [0.1, 0.15) is 11.8 Å². The molecule has 0 saturated carbocycles. The van der Waals surface area contributed by atoms with Crippen LogP contribution < -0.4 is 5.32 Å². The average Bonchev–Trinajstić information content (AvgIpc) is 2.10. The number of esters is 1. The van der Waals surface area contributed by atoms with Crippen LogP contribution in [0.1, 0.15) is 6.92 Å². The lowest BCUT2D eigenvalue weighted by molar-refractivity contribution is -0.139. The summed E-state index contributed by atoms with van der Waals surface area (Å²) in [7, 11) is 1.70. The zero-order valence-corrected chi connectivity index (χ0v) is 5.47. The smallest absolute Gasteiger partial charge is 0.354 e. The fourth-order valence-electron chi connectivity index (χ4n) is 0.754. The van der Waals surface area contributed by atoms with Crippen molar-refractivity contribution in [3.05, 3.63) is 11.8 Å². The first-order valence-electron chi connectivity index (χ1n) is 2.84. The molecule has 0 unspecified atom stereocenters. The van der Waals surface area contributed by atoms with Crippen LogP contribution in [0.4, 0.5) is 0 Å². The Balaban J connectivity index is 2.68. The van der Waals surface area contributed by atoms with Gasteiger partial charge in [0.25, 0.3) is 0 Å². The second-order valence-electron chi connectivity index (χ2n) is 1.94. The molecule has 1 aliphatic heterocycles. The minimum Gasteiger partial charge on any atom is -0.454 e. The molecular formula is C6H9NO2. The van der Waals surface area contributed by atoms with Crippen molar-refractivity contribution >= 4 is 5.97 Å². The van der Waals surface area contributed by atoms with Crippen LogP contribution in [0.25, 0.3) is 0 Å². The van der Waals surface area contributed by atoms with Gasteiger partial charge in [-0.15, -0.1) is 0 Å². The van der Waals surface area contributed by atoms with E-state index in [1.807, 2.05) is 6.92 Å². The molecule has 0 aliphatic carbocycles. The highest BCUT2D eigenvalue weighted by atomic mass is 16.5. The van der Waals surface area contributed by atoms with Crippen molar-refractivity contribution in [1.82, 2.24) is 5.32 Å². The van der Waals surface area contributed by atoms with Crippen LogP contribution in [0.2, 0.25) is 0 Å². The second kappa shape index (κ2) is 2.09. The summed E-state index contributed by atoms with van der Waals surface area (Å²) in [4.78, 5) is 10.7. The number of carbonyl (C=O) groups is 1. The summed E-state index contributed by atoms with van der Waals surface area (Å²) in [5, 5.41) is 2.73. The predicted molar refractivity (Wildman–Crippen MR) is 32.7 cm³/mol. The Hall–Kier alpha value is -0.990. The summed E-state index contributed by atoms with van der Waals surface area (Å²) in [5.74, 6) is -0.259. The normalized spacial score (nSPS) is 25.3. The van der Waals surface area contributed by atoms with Crippen molar-refractivity contribution in [3.8, 4) is 0 Å². The molecule has 1 rings (SSSR count). The Morgan fingerprint density at radius 1 is 1.78 bits per heavy atom. The van der Waals surface area contributed by atoms with Crippen molar-refractivity contribution < 1.29 is 9.53 Å². The number of cyclic esters (lactones) is 1. The first kappa shape index (κ1) is 6.13. The van der Waals surface area contributed by atoms with Crippen LogP contribution in [0.3, 0.4) is 0 Å². The molecule has 0 amide bonds. The molecule has 3 heteroatoms. The van der Waals surface area contributed by atoms with Gasteiger partial charge in [0.2, 0.25) is 0 Å². The van der Waals surface area contributed by atoms with E-state index in [1.54, 1.807) is 13.1 Å². The van der Waals surface area contributed by atoms with Crippen LogP contribution in [-0.4, -0.2) is 19.1 Å². The van der Waals surface area contributed by atoms with Gasteiger partial charge in [-0.25, -0.2) is 4.79 Å². The van der Waals surface area contributed by atoms with Crippen molar-refractivity contribution in [1.29, 1.82) is 0 Å². The molecule has 9 heavy (non-hydrogen) atoms. The van der Waals surface area contributed by atoms with Gasteiger partial charge in [-0.05, 0) is 13.0 Å². The number of hydrogen-bond donors (Lipinski definition) is 1. The van der Waals surface area contributed by atoms with Crippen LogP contribution >= 0.6 is 0 Å². The van der Waals surface area contributed by atoms with E-state index in [0.29, 0.717) is 5.70 Å². The highest BCUT2D eigenvalue weighted by Crippen LogP contribution is 2.08. The largest absolute Gasteiger partial charge is 0.454 e. The zero-order chi connectivity index (χ0) is 6.85. The minimum absolute atomic E-state index is 0.0695. The van der Waals surface area contributed by atoms with E-state index in [2.05, 4.69) is 5.32 Å². The summed E-state index contributed by atoms with van der Waals surface area (Å²) in [6.07, 6.45) is 1.68. The Labute approximate surface area is 53.7 Å². The second-order valence-corrected chi connectivity index (χ2v) is 1.94. The molecule has 0 radical (unpaired) electrons. The molecule has 1 aliphatic rings. The van der Waals surface area contributed by atoms with Gasteiger partial charge in [0.05, 0.1) is 0 Å².